The Bertz CT molecular complexity index is 292. The number of nitrogens with one attached hydrogen (secondary N) is 1. The molecule has 3 atom stereocenters. The zero-order valence-corrected chi connectivity index (χ0v) is 11.1. The van der Waals surface area contributed by atoms with Crippen LogP contribution in [0, 0.1) is 5.92 Å². The van der Waals surface area contributed by atoms with Crippen LogP contribution in [0.15, 0.2) is 12.2 Å². The summed E-state index contributed by atoms with van der Waals surface area (Å²) < 4.78 is 5.20. The molecule has 5 heteroatoms. The molecule has 1 aliphatic rings. The van der Waals surface area contributed by atoms with Gasteiger partial charge in [0.1, 0.15) is 0 Å². The molecule has 1 heterocycles. The van der Waals surface area contributed by atoms with E-state index in [-0.39, 0.29) is 18.6 Å². The topological polar surface area (TPSA) is 84.6 Å². The van der Waals surface area contributed by atoms with Gasteiger partial charge in [-0.05, 0) is 18.8 Å². The van der Waals surface area contributed by atoms with Crippen molar-refractivity contribution in [2.75, 3.05) is 13.2 Å². The number of aliphatic hydroxyl groups excluding tert-OH is 1. The second kappa shape index (κ2) is 7.51. The maximum atomic E-state index is 11.9. The molecule has 1 unspecified atom stereocenters. The van der Waals surface area contributed by atoms with Crippen molar-refractivity contribution < 1.29 is 14.6 Å². The molecule has 104 valence electrons. The molecule has 5 nitrogen and oxygen atoms in total. The van der Waals surface area contributed by atoms with E-state index in [1.165, 1.54) is 0 Å². The van der Waals surface area contributed by atoms with E-state index in [0.29, 0.717) is 25.4 Å². The van der Waals surface area contributed by atoms with Crippen LogP contribution in [-0.4, -0.2) is 42.4 Å². The lowest BCUT2D eigenvalue weighted by Crippen LogP contribution is -2.51. The van der Waals surface area contributed by atoms with Gasteiger partial charge in [-0.25, -0.2) is 0 Å². The number of carbonyl (C=O) groups is 1. The van der Waals surface area contributed by atoms with Gasteiger partial charge in [0.15, 0.2) is 0 Å². The van der Waals surface area contributed by atoms with Crippen LogP contribution in [0.1, 0.15) is 26.7 Å². The monoisotopic (exact) mass is 256 g/mol. The van der Waals surface area contributed by atoms with Gasteiger partial charge in [-0.15, -0.1) is 0 Å². The zero-order valence-electron chi connectivity index (χ0n) is 11.1. The van der Waals surface area contributed by atoms with E-state index in [2.05, 4.69) is 5.32 Å². The third kappa shape index (κ3) is 5.16. The van der Waals surface area contributed by atoms with Gasteiger partial charge >= 0.3 is 0 Å². The minimum atomic E-state index is -0.690. The Kier molecular flexibility index (Phi) is 6.32. The van der Waals surface area contributed by atoms with Gasteiger partial charge in [0.2, 0.25) is 5.91 Å². The second-order valence-electron chi connectivity index (χ2n) is 5.16. The molecule has 0 saturated heterocycles. The Morgan fingerprint density at radius 2 is 2.28 bits per heavy atom. The summed E-state index contributed by atoms with van der Waals surface area (Å²) in [7, 11) is 0. The van der Waals surface area contributed by atoms with Gasteiger partial charge in [0, 0.05) is 0 Å². The quantitative estimate of drug-likeness (QED) is 0.627. The molecule has 0 aliphatic carbocycles. The fourth-order valence-electron chi connectivity index (χ4n) is 1.90. The van der Waals surface area contributed by atoms with Crippen molar-refractivity contribution in [3.05, 3.63) is 12.2 Å². The van der Waals surface area contributed by atoms with Crippen molar-refractivity contribution in [3.63, 3.8) is 0 Å². The highest BCUT2D eigenvalue weighted by atomic mass is 16.5. The molecule has 0 aromatic heterocycles. The summed E-state index contributed by atoms with van der Waals surface area (Å²) >= 11 is 0. The Labute approximate surface area is 108 Å². The smallest absolute Gasteiger partial charge is 0.237 e. The van der Waals surface area contributed by atoms with Crippen LogP contribution in [0.4, 0.5) is 0 Å². The van der Waals surface area contributed by atoms with E-state index < -0.39 is 12.1 Å². The van der Waals surface area contributed by atoms with Crippen molar-refractivity contribution in [2.24, 2.45) is 11.7 Å². The first-order valence-corrected chi connectivity index (χ1v) is 6.47. The maximum absolute atomic E-state index is 11.9. The summed E-state index contributed by atoms with van der Waals surface area (Å²) in [6.07, 6.45) is 4.34. The van der Waals surface area contributed by atoms with Crippen LogP contribution < -0.4 is 11.1 Å². The van der Waals surface area contributed by atoms with E-state index in [1.54, 1.807) is 0 Å². The number of hydrogen-bond donors (Lipinski definition) is 3. The fourth-order valence-corrected chi connectivity index (χ4v) is 1.90. The third-order valence-corrected chi connectivity index (χ3v) is 2.91. The predicted molar refractivity (Wildman–Crippen MR) is 69.9 cm³/mol. The van der Waals surface area contributed by atoms with Crippen LogP contribution in [0.2, 0.25) is 0 Å². The highest BCUT2D eigenvalue weighted by Crippen LogP contribution is 2.07. The van der Waals surface area contributed by atoms with Crippen LogP contribution in [0.5, 0.6) is 0 Å². The first kappa shape index (κ1) is 15.1. The summed E-state index contributed by atoms with van der Waals surface area (Å²) in [5, 5.41) is 12.7. The maximum Gasteiger partial charge on any atom is 0.237 e. The second-order valence-corrected chi connectivity index (χ2v) is 5.16. The highest BCUT2D eigenvalue weighted by Gasteiger charge is 2.24. The molecule has 1 rings (SSSR count). The SMILES string of the molecule is CC(C)C[C@H](N)C(=O)NC1C/C=C\COC[C@H]1O. The Morgan fingerprint density at radius 1 is 1.56 bits per heavy atom. The van der Waals surface area contributed by atoms with E-state index in [1.807, 2.05) is 26.0 Å². The number of ether oxygens (including phenoxy) is 1. The summed E-state index contributed by atoms with van der Waals surface area (Å²) in [5.41, 5.74) is 5.81. The lowest BCUT2D eigenvalue weighted by Gasteiger charge is -2.26. The number of carbonyl (C=O) groups excluding carboxylic acids is 1. The summed E-state index contributed by atoms with van der Waals surface area (Å²) in [6, 6.07) is -0.847. The molecule has 1 amide bonds. The number of aliphatic hydroxyl groups is 1. The van der Waals surface area contributed by atoms with Crippen molar-refractivity contribution in [1.82, 2.24) is 5.32 Å². The standard InChI is InChI=1S/C13H24N2O3/c1-9(2)7-10(14)13(17)15-11-5-3-4-6-18-8-12(11)16/h3-4,9-12,16H,5-8,14H2,1-2H3,(H,15,17)/b4-3-/t10-,11?,12+/m0/s1. The van der Waals surface area contributed by atoms with Crippen LogP contribution in [-0.2, 0) is 9.53 Å². The molecule has 0 aromatic rings. The average Bonchev–Trinajstić information content (AvgIpc) is 2.27. The Morgan fingerprint density at radius 3 is 2.94 bits per heavy atom. The molecule has 0 bridgehead atoms. The minimum Gasteiger partial charge on any atom is -0.389 e. The van der Waals surface area contributed by atoms with Crippen LogP contribution >= 0.6 is 0 Å². The predicted octanol–water partition coefficient (Wildman–Crippen LogP) is 0.182. The highest BCUT2D eigenvalue weighted by molar-refractivity contribution is 5.81. The van der Waals surface area contributed by atoms with Crippen molar-refractivity contribution in [1.29, 1.82) is 0 Å². The molecule has 4 N–H and O–H groups in total. The van der Waals surface area contributed by atoms with Crippen molar-refractivity contribution in [2.45, 2.75) is 44.9 Å². The Balaban J connectivity index is 2.50. The molecular weight excluding hydrogens is 232 g/mol. The lowest BCUT2D eigenvalue weighted by molar-refractivity contribution is -0.124. The van der Waals surface area contributed by atoms with Gasteiger partial charge in [-0.3, -0.25) is 4.79 Å². The van der Waals surface area contributed by atoms with E-state index in [4.69, 9.17) is 10.5 Å². The van der Waals surface area contributed by atoms with E-state index in [0.717, 1.165) is 0 Å². The van der Waals surface area contributed by atoms with E-state index in [9.17, 15) is 9.90 Å². The molecular formula is C13H24N2O3. The minimum absolute atomic E-state index is 0.207. The van der Waals surface area contributed by atoms with Gasteiger partial charge in [-0.1, -0.05) is 26.0 Å². The summed E-state index contributed by atoms with van der Waals surface area (Å²) in [6.45, 7) is 4.78. The average molecular weight is 256 g/mol. The first-order valence-electron chi connectivity index (χ1n) is 6.47. The molecule has 0 radical (unpaired) electrons. The van der Waals surface area contributed by atoms with Gasteiger partial charge in [-0.2, -0.15) is 0 Å². The largest absolute Gasteiger partial charge is 0.389 e. The normalized spacial score (nSPS) is 28.3. The molecule has 0 spiro atoms. The number of amides is 1. The summed E-state index contributed by atoms with van der Waals surface area (Å²) in [5.74, 6) is 0.165. The zero-order chi connectivity index (χ0) is 13.5. The lowest BCUT2D eigenvalue weighted by atomic mass is 10.0. The van der Waals surface area contributed by atoms with Crippen molar-refractivity contribution in [3.8, 4) is 0 Å². The summed E-state index contributed by atoms with van der Waals surface area (Å²) in [4.78, 5) is 11.9. The first-order chi connectivity index (χ1) is 8.50. The molecule has 0 aromatic carbocycles. The molecule has 0 fully saturated rings. The number of nitrogens with two attached hydrogens (primary N) is 1. The number of rotatable bonds is 4. The van der Waals surface area contributed by atoms with Crippen LogP contribution in [0.3, 0.4) is 0 Å². The van der Waals surface area contributed by atoms with Crippen LogP contribution in [0.25, 0.3) is 0 Å². The van der Waals surface area contributed by atoms with Gasteiger partial charge in [0.25, 0.3) is 0 Å². The fraction of sp³-hybridized carbons (Fsp3) is 0.769. The van der Waals surface area contributed by atoms with Gasteiger partial charge < -0.3 is 20.9 Å². The van der Waals surface area contributed by atoms with Crippen molar-refractivity contribution >= 4 is 5.91 Å². The third-order valence-electron chi connectivity index (χ3n) is 2.91. The van der Waals surface area contributed by atoms with E-state index >= 15 is 0 Å². The van der Waals surface area contributed by atoms with Gasteiger partial charge in [0.05, 0.1) is 31.4 Å². The molecule has 1 aliphatic heterocycles. The number of hydrogen-bond acceptors (Lipinski definition) is 4. The Hall–Kier alpha value is -0.910. The molecule has 18 heavy (non-hydrogen) atoms. The molecule has 0 saturated carbocycles.